The van der Waals surface area contributed by atoms with E-state index in [9.17, 15) is 33.9 Å². The molecule has 1 aromatic rings. The first kappa shape index (κ1) is 46.1. The van der Waals surface area contributed by atoms with Crippen LogP contribution in [-0.2, 0) is 44.7 Å². The van der Waals surface area contributed by atoms with Crippen molar-refractivity contribution in [3.63, 3.8) is 0 Å². The lowest BCUT2D eigenvalue weighted by Gasteiger charge is -2.39. The second kappa shape index (κ2) is 22.3. The van der Waals surface area contributed by atoms with Crippen LogP contribution in [-0.4, -0.2) is 147 Å². The Morgan fingerprint density at radius 2 is 1.56 bits per heavy atom. The maximum absolute atomic E-state index is 14.1. The van der Waals surface area contributed by atoms with Crippen molar-refractivity contribution in [3.05, 3.63) is 35.9 Å². The van der Waals surface area contributed by atoms with Gasteiger partial charge in [0, 0.05) is 41.3 Å². The molecule has 54 heavy (non-hydrogen) atoms. The Hall–Kier alpha value is -4.08. The fourth-order valence-corrected chi connectivity index (χ4v) is 7.43. The molecule has 1 heterocycles. The molecule has 5 amide bonds. The summed E-state index contributed by atoms with van der Waals surface area (Å²) in [5.74, 6) is -3.98. The van der Waals surface area contributed by atoms with Gasteiger partial charge in [-0.25, -0.2) is 4.79 Å². The third-order valence-corrected chi connectivity index (χ3v) is 10.7. The smallest absolute Gasteiger partial charge is 0.326 e. The van der Waals surface area contributed by atoms with Gasteiger partial charge >= 0.3 is 5.97 Å². The van der Waals surface area contributed by atoms with Crippen LogP contribution in [0.3, 0.4) is 0 Å². The number of carbonyl (C=O) groups is 6. The van der Waals surface area contributed by atoms with Gasteiger partial charge in [0.1, 0.15) is 12.1 Å². The predicted octanol–water partition coefficient (Wildman–Crippen LogP) is 1.54. The molecule has 2 rings (SSSR count). The molecule has 0 aliphatic carbocycles. The molecule has 8 unspecified atom stereocenters. The van der Waals surface area contributed by atoms with E-state index in [2.05, 4.69) is 16.0 Å². The van der Waals surface area contributed by atoms with Crippen molar-refractivity contribution in [1.29, 1.82) is 0 Å². The van der Waals surface area contributed by atoms with Crippen molar-refractivity contribution in [1.82, 2.24) is 30.7 Å². The molecule has 1 saturated heterocycles. The minimum atomic E-state index is -1.15. The van der Waals surface area contributed by atoms with E-state index in [-0.39, 0.29) is 55.5 Å². The zero-order valence-electron chi connectivity index (χ0n) is 33.8. The molecule has 304 valence electrons. The molecule has 1 aromatic carbocycles. The van der Waals surface area contributed by atoms with Crippen LogP contribution >= 0.6 is 0 Å². The van der Waals surface area contributed by atoms with Crippen molar-refractivity contribution in [2.24, 2.45) is 17.8 Å². The zero-order valence-corrected chi connectivity index (χ0v) is 33.8. The summed E-state index contributed by atoms with van der Waals surface area (Å²) in [4.78, 5) is 83.5. The number of carbonyl (C=O) groups excluding carboxylic acids is 5. The first-order valence-electron chi connectivity index (χ1n) is 18.9. The van der Waals surface area contributed by atoms with Gasteiger partial charge in [-0.05, 0) is 37.3 Å². The second-order valence-electron chi connectivity index (χ2n) is 14.7. The molecular weight excluding hydrogens is 696 g/mol. The fraction of sp³-hybridized carbons (Fsp3) is 0.692. The quantitative estimate of drug-likeness (QED) is 0.135. The summed E-state index contributed by atoms with van der Waals surface area (Å²) in [7, 11) is 7.82. The van der Waals surface area contributed by atoms with Crippen LogP contribution in [0.4, 0.5) is 0 Å². The van der Waals surface area contributed by atoms with Gasteiger partial charge in [-0.3, -0.25) is 24.0 Å². The van der Waals surface area contributed by atoms with Crippen LogP contribution in [0.1, 0.15) is 65.9 Å². The second-order valence-corrected chi connectivity index (χ2v) is 14.7. The molecule has 8 atom stereocenters. The number of aliphatic carboxylic acids is 1. The lowest BCUT2D eigenvalue weighted by Crippen LogP contribution is -2.56. The highest BCUT2D eigenvalue weighted by Crippen LogP contribution is 2.29. The number of hydrogen-bond donors (Lipinski definition) is 4. The van der Waals surface area contributed by atoms with Crippen LogP contribution < -0.4 is 16.0 Å². The molecule has 15 heteroatoms. The highest BCUT2D eigenvalue weighted by molar-refractivity contribution is 5.91. The third-order valence-electron chi connectivity index (χ3n) is 10.7. The molecule has 0 spiro atoms. The van der Waals surface area contributed by atoms with Gasteiger partial charge in [0.25, 0.3) is 0 Å². The van der Waals surface area contributed by atoms with E-state index in [0.717, 1.165) is 5.56 Å². The van der Waals surface area contributed by atoms with Gasteiger partial charge < -0.3 is 45.2 Å². The Labute approximate surface area is 320 Å². The van der Waals surface area contributed by atoms with Crippen LogP contribution in [0.25, 0.3) is 0 Å². The Balaban J connectivity index is 2.18. The van der Waals surface area contributed by atoms with E-state index in [4.69, 9.17) is 9.47 Å². The summed E-state index contributed by atoms with van der Waals surface area (Å²) in [5.41, 5.74) is 0.773. The third kappa shape index (κ3) is 12.5. The number of rotatable bonds is 22. The Bertz CT molecular complexity index is 1400. The summed E-state index contributed by atoms with van der Waals surface area (Å²) in [6, 6.07) is 6.17. The number of carboxylic acids is 1. The maximum Gasteiger partial charge on any atom is 0.326 e. The van der Waals surface area contributed by atoms with E-state index in [1.807, 2.05) is 33.8 Å². The number of ether oxygens (including phenoxy) is 2. The number of carboxylic acid groups (broad SMARTS) is 1. The minimum Gasteiger partial charge on any atom is -0.480 e. The largest absolute Gasteiger partial charge is 0.480 e. The number of nitrogens with zero attached hydrogens (tertiary/aromatic N) is 3. The molecular formula is C39H64N6O9. The van der Waals surface area contributed by atoms with Gasteiger partial charge in [0.05, 0.1) is 49.7 Å². The number of likely N-dealkylation sites (tertiary alicyclic amines) is 1. The van der Waals surface area contributed by atoms with Gasteiger partial charge in [0.15, 0.2) is 0 Å². The topological polar surface area (TPSA) is 187 Å². The lowest BCUT2D eigenvalue weighted by molar-refractivity contribution is -0.147. The molecule has 0 aromatic heterocycles. The van der Waals surface area contributed by atoms with Crippen molar-refractivity contribution >= 4 is 35.5 Å². The summed E-state index contributed by atoms with van der Waals surface area (Å²) in [5, 5.41) is 18.0. The van der Waals surface area contributed by atoms with E-state index in [1.54, 1.807) is 57.2 Å². The monoisotopic (exact) mass is 760 g/mol. The first-order valence-corrected chi connectivity index (χ1v) is 18.9. The fourth-order valence-electron chi connectivity index (χ4n) is 7.43. The molecule has 1 aliphatic heterocycles. The highest BCUT2D eigenvalue weighted by Gasteiger charge is 2.42. The number of nitrogens with one attached hydrogen (secondary N) is 3. The molecule has 4 N–H and O–H groups in total. The Morgan fingerprint density at radius 3 is 2.09 bits per heavy atom. The standard InChI is InChI=1S/C39H64N6O9/c1-11-25(4)35(44(8)33(48)23-41-38(50)34(24(2)3)43(7)32(47)22-40-6)30(53-9)21-31(46)45-19-15-18-29(45)36(54-10)26(5)37(49)42-28(39(51)52)20-27-16-13-12-14-17-27/h12-14,16-17,24-26,28-30,34-36,40H,11,15,18-23H2,1-10H3,(H,41,50)(H,42,49)(H,51,52). The maximum atomic E-state index is 14.1. The summed E-state index contributed by atoms with van der Waals surface area (Å²) >= 11 is 0. The Morgan fingerprint density at radius 1 is 0.926 bits per heavy atom. The number of benzene rings is 1. The highest BCUT2D eigenvalue weighted by atomic mass is 16.5. The van der Waals surface area contributed by atoms with Crippen LogP contribution in [0, 0.1) is 17.8 Å². The van der Waals surface area contributed by atoms with Crippen molar-refractivity contribution in [2.45, 2.75) is 103 Å². The minimum absolute atomic E-state index is 0.0467. The summed E-state index contributed by atoms with van der Waals surface area (Å²) < 4.78 is 11.7. The predicted molar refractivity (Wildman–Crippen MR) is 204 cm³/mol. The number of likely N-dealkylation sites (N-methyl/N-ethyl adjacent to an activating group) is 3. The Kier molecular flexibility index (Phi) is 19.1. The van der Waals surface area contributed by atoms with Crippen molar-refractivity contribution in [3.8, 4) is 0 Å². The van der Waals surface area contributed by atoms with Crippen molar-refractivity contribution in [2.75, 3.05) is 55.0 Å². The van der Waals surface area contributed by atoms with Gasteiger partial charge in [-0.2, -0.15) is 0 Å². The molecule has 0 bridgehead atoms. The van der Waals surface area contributed by atoms with Gasteiger partial charge in [-0.15, -0.1) is 0 Å². The van der Waals surface area contributed by atoms with E-state index in [0.29, 0.717) is 25.8 Å². The average Bonchev–Trinajstić information content (AvgIpc) is 3.63. The molecule has 1 fully saturated rings. The SMILES string of the molecule is CCC(C)C(C(CC(=O)N1CCCC1C(OC)C(C)C(=O)NC(Cc1ccccc1)C(=O)O)OC)N(C)C(=O)CNC(=O)C(C(C)C)N(C)C(=O)CNC. The average molecular weight is 761 g/mol. The number of methoxy groups -OCH3 is 2. The molecule has 1 aliphatic rings. The summed E-state index contributed by atoms with van der Waals surface area (Å²) in [6.45, 7) is 9.50. The first-order chi connectivity index (χ1) is 25.5. The van der Waals surface area contributed by atoms with Crippen LogP contribution in [0.15, 0.2) is 30.3 Å². The normalized spacial score (nSPS) is 18.1. The summed E-state index contributed by atoms with van der Waals surface area (Å²) in [6.07, 6.45) is 0.636. The molecule has 15 nitrogen and oxygen atoms in total. The van der Waals surface area contributed by atoms with Gasteiger partial charge in [0.2, 0.25) is 29.5 Å². The van der Waals surface area contributed by atoms with E-state index in [1.165, 1.54) is 24.0 Å². The molecule has 0 saturated carbocycles. The lowest BCUT2D eigenvalue weighted by atomic mass is 9.90. The van der Waals surface area contributed by atoms with Crippen LogP contribution in [0.2, 0.25) is 0 Å². The number of hydrogen-bond acceptors (Lipinski definition) is 9. The zero-order chi connectivity index (χ0) is 40.7. The molecule has 0 radical (unpaired) electrons. The van der Waals surface area contributed by atoms with Crippen LogP contribution in [0.5, 0.6) is 0 Å². The van der Waals surface area contributed by atoms with Crippen molar-refractivity contribution < 1.29 is 43.3 Å². The van der Waals surface area contributed by atoms with Gasteiger partial charge in [-0.1, -0.05) is 71.4 Å². The number of amides is 5. The van der Waals surface area contributed by atoms with E-state index >= 15 is 0 Å². The van der Waals surface area contributed by atoms with E-state index < -0.39 is 60.1 Å².